The molecule has 1 heterocycles. The third-order valence-electron chi connectivity index (χ3n) is 3.95. The van der Waals surface area contributed by atoms with E-state index in [1.54, 1.807) is 4.90 Å². The van der Waals surface area contributed by atoms with Gasteiger partial charge in [-0.25, -0.2) is 9.59 Å². The maximum Gasteiger partial charge on any atom is 0.317 e. The van der Waals surface area contributed by atoms with E-state index in [2.05, 4.69) is 10.6 Å². The molecule has 1 fully saturated rings. The van der Waals surface area contributed by atoms with Gasteiger partial charge in [-0.2, -0.15) is 0 Å². The molecule has 7 heteroatoms. The van der Waals surface area contributed by atoms with Gasteiger partial charge in [0.2, 0.25) is 0 Å². The monoisotopic (exact) mass is 338 g/mol. The van der Waals surface area contributed by atoms with Crippen molar-refractivity contribution in [2.24, 2.45) is 11.7 Å². The van der Waals surface area contributed by atoms with Crippen molar-refractivity contribution in [3.63, 3.8) is 0 Å². The smallest absolute Gasteiger partial charge is 0.317 e. The second-order valence-corrected chi connectivity index (χ2v) is 6.25. The quantitative estimate of drug-likeness (QED) is 0.766. The lowest BCUT2D eigenvalue weighted by Gasteiger charge is -2.32. The standard InChI is InChI=1S/C16H23ClN4O2/c17-14-5-1-3-12(9-14)6-7-19-16(23)21-8-2-4-13(11-21)10-20-15(18)22/h1,3,5,9,13H,2,4,6-8,10-11H2,(H,19,23)(H3,18,20,22)/t13-/m1/s1. The summed E-state index contributed by atoms with van der Waals surface area (Å²) in [6.45, 7) is 2.47. The van der Waals surface area contributed by atoms with Crippen LogP contribution in [-0.2, 0) is 6.42 Å². The molecule has 23 heavy (non-hydrogen) atoms. The third kappa shape index (κ3) is 5.98. The molecule has 1 aromatic rings. The fourth-order valence-electron chi connectivity index (χ4n) is 2.78. The zero-order valence-corrected chi connectivity index (χ0v) is 13.8. The fourth-order valence-corrected chi connectivity index (χ4v) is 2.99. The molecule has 1 atom stereocenters. The molecule has 1 saturated heterocycles. The van der Waals surface area contributed by atoms with E-state index in [4.69, 9.17) is 17.3 Å². The van der Waals surface area contributed by atoms with E-state index in [0.717, 1.165) is 31.4 Å². The van der Waals surface area contributed by atoms with Crippen LogP contribution in [0.4, 0.5) is 9.59 Å². The van der Waals surface area contributed by atoms with Gasteiger partial charge in [0.15, 0.2) is 0 Å². The van der Waals surface area contributed by atoms with Crippen molar-refractivity contribution in [2.45, 2.75) is 19.3 Å². The summed E-state index contributed by atoms with van der Waals surface area (Å²) in [5.41, 5.74) is 6.18. The van der Waals surface area contributed by atoms with Crippen LogP contribution in [0.3, 0.4) is 0 Å². The SMILES string of the molecule is NC(=O)NC[C@H]1CCCN(C(=O)NCCc2cccc(Cl)c2)C1. The molecule has 0 saturated carbocycles. The lowest BCUT2D eigenvalue weighted by molar-refractivity contribution is 0.165. The largest absolute Gasteiger partial charge is 0.352 e. The van der Waals surface area contributed by atoms with E-state index in [-0.39, 0.29) is 11.9 Å². The Morgan fingerprint density at radius 3 is 2.91 bits per heavy atom. The van der Waals surface area contributed by atoms with Gasteiger partial charge in [0.1, 0.15) is 0 Å². The van der Waals surface area contributed by atoms with Crippen LogP contribution in [0.5, 0.6) is 0 Å². The average Bonchev–Trinajstić information content (AvgIpc) is 2.53. The highest BCUT2D eigenvalue weighted by atomic mass is 35.5. The summed E-state index contributed by atoms with van der Waals surface area (Å²) in [4.78, 5) is 24.8. The number of benzene rings is 1. The predicted octanol–water partition coefficient (Wildman–Crippen LogP) is 1.97. The van der Waals surface area contributed by atoms with Crippen molar-refractivity contribution in [2.75, 3.05) is 26.2 Å². The van der Waals surface area contributed by atoms with Gasteiger partial charge in [0.05, 0.1) is 0 Å². The minimum absolute atomic E-state index is 0.0594. The third-order valence-corrected chi connectivity index (χ3v) is 4.19. The molecule has 4 amide bonds. The second kappa shape index (κ2) is 8.62. The molecule has 6 nitrogen and oxygen atoms in total. The number of hydrogen-bond acceptors (Lipinski definition) is 2. The lowest BCUT2D eigenvalue weighted by atomic mass is 9.98. The number of likely N-dealkylation sites (tertiary alicyclic amines) is 1. The van der Waals surface area contributed by atoms with Gasteiger partial charge >= 0.3 is 12.1 Å². The number of piperidine rings is 1. The van der Waals surface area contributed by atoms with E-state index < -0.39 is 6.03 Å². The highest BCUT2D eigenvalue weighted by Crippen LogP contribution is 2.16. The molecule has 1 aliphatic rings. The van der Waals surface area contributed by atoms with Crippen molar-refractivity contribution >= 4 is 23.7 Å². The summed E-state index contributed by atoms with van der Waals surface area (Å²) >= 11 is 5.94. The summed E-state index contributed by atoms with van der Waals surface area (Å²) in [6, 6.07) is 7.05. The summed E-state index contributed by atoms with van der Waals surface area (Å²) < 4.78 is 0. The summed E-state index contributed by atoms with van der Waals surface area (Å²) in [5, 5.41) is 6.25. The molecule has 0 spiro atoms. The van der Waals surface area contributed by atoms with Gasteiger partial charge in [-0.1, -0.05) is 23.7 Å². The van der Waals surface area contributed by atoms with E-state index in [1.165, 1.54) is 0 Å². The Bertz CT molecular complexity index is 553. The Labute approximate surface area is 141 Å². The van der Waals surface area contributed by atoms with Crippen molar-refractivity contribution in [3.8, 4) is 0 Å². The first-order valence-electron chi connectivity index (χ1n) is 7.85. The molecule has 1 aliphatic heterocycles. The van der Waals surface area contributed by atoms with Crippen LogP contribution in [0.2, 0.25) is 5.02 Å². The maximum atomic E-state index is 12.2. The Kier molecular flexibility index (Phi) is 6.52. The van der Waals surface area contributed by atoms with Crippen LogP contribution in [0.15, 0.2) is 24.3 Å². The first-order valence-corrected chi connectivity index (χ1v) is 8.23. The number of amides is 4. The number of halogens is 1. The Morgan fingerprint density at radius 2 is 2.17 bits per heavy atom. The van der Waals surface area contributed by atoms with Crippen molar-refractivity contribution in [1.29, 1.82) is 0 Å². The number of rotatable bonds is 5. The number of nitrogens with two attached hydrogens (primary N) is 1. The number of urea groups is 2. The molecular weight excluding hydrogens is 316 g/mol. The van der Waals surface area contributed by atoms with Crippen LogP contribution in [0.1, 0.15) is 18.4 Å². The second-order valence-electron chi connectivity index (χ2n) is 5.81. The Balaban J connectivity index is 1.73. The van der Waals surface area contributed by atoms with E-state index in [9.17, 15) is 9.59 Å². The average molecular weight is 339 g/mol. The number of hydrogen-bond donors (Lipinski definition) is 3. The number of carbonyl (C=O) groups is 2. The molecule has 0 bridgehead atoms. The zero-order chi connectivity index (χ0) is 16.7. The normalized spacial score (nSPS) is 17.6. The highest BCUT2D eigenvalue weighted by molar-refractivity contribution is 6.30. The molecule has 126 valence electrons. The number of nitrogens with zero attached hydrogens (tertiary/aromatic N) is 1. The van der Waals surface area contributed by atoms with Crippen LogP contribution < -0.4 is 16.4 Å². The molecule has 0 radical (unpaired) electrons. The van der Waals surface area contributed by atoms with Crippen LogP contribution >= 0.6 is 11.6 Å². The molecule has 2 rings (SSSR count). The van der Waals surface area contributed by atoms with Gasteiger partial charge in [0, 0.05) is 31.2 Å². The van der Waals surface area contributed by atoms with Gasteiger partial charge in [-0.15, -0.1) is 0 Å². The molecule has 1 aromatic carbocycles. The molecule has 0 aliphatic carbocycles. The number of primary amides is 1. The zero-order valence-electron chi connectivity index (χ0n) is 13.1. The van der Waals surface area contributed by atoms with Crippen molar-refractivity contribution in [3.05, 3.63) is 34.9 Å². The van der Waals surface area contributed by atoms with Gasteiger partial charge in [-0.05, 0) is 42.9 Å². The first kappa shape index (κ1) is 17.4. The topological polar surface area (TPSA) is 87.5 Å². The summed E-state index contributed by atoms with van der Waals surface area (Å²) in [6.07, 6.45) is 2.67. The van der Waals surface area contributed by atoms with E-state index >= 15 is 0 Å². The van der Waals surface area contributed by atoms with Crippen LogP contribution in [0, 0.1) is 5.92 Å². The lowest BCUT2D eigenvalue weighted by Crippen LogP contribution is -2.48. The number of nitrogens with one attached hydrogen (secondary N) is 2. The Hall–Kier alpha value is -1.95. The molecule has 0 aromatic heterocycles. The minimum atomic E-state index is -0.520. The summed E-state index contributed by atoms with van der Waals surface area (Å²) in [7, 11) is 0. The Morgan fingerprint density at radius 1 is 1.35 bits per heavy atom. The molecule has 4 N–H and O–H groups in total. The van der Waals surface area contributed by atoms with Crippen LogP contribution in [0.25, 0.3) is 0 Å². The van der Waals surface area contributed by atoms with Gasteiger partial charge < -0.3 is 21.3 Å². The predicted molar refractivity (Wildman–Crippen MR) is 90.4 cm³/mol. The van der Waals surface area contributed by atoms with Gasteiger partial charge in [0.25, 0.3) is 0 Å². The minimum Gasteiger partial charge on any atom is -0.352 e. The van der Waals surface area contributed by atoms with Crippen molar-refractivity contribution in [1.82, 2.24) is 15.5 Å². The van der Waals surface area contributed by atoms with Gasteiger partial charge in [-0.3, -0.25) is 0 Å². The van der Waals surface area contributed by atoms with E-state index in [0.29, 0.717) is 24.7 Å². The number of carbonyl (C=O) groups excluding carboxylic acids is 2. The highest BCUT2D eigenvalue weighted by Gasteiger charge is 2.23. The molecule has 0 unspecified atom stereocenters. The fraction of sp³-hybridized carbons (Fsp3) is 0.500. The first-order chi connectivity index (χ1) is 11.0. The van der Waals surface area contributed by atoms with Crippen molar-refractivity contribution < 1.29 is 9.59 Å². The van der Waals surface area contributed by atoms with E-state index in [1.807, 2.05) is 24.3 Å². The maximum absolute atomic E-state index is 12.2. The van der Waals surface area contributed by atoms with Crippen LogP contribution in [-0.4, -0.2) is 43.1 Å². The summed E-state index contributed by atoms with van der Waals surface area (Å²) in [5.74, 6) is 0.259. The molecular formula is C16H23ClN4O2.